The number of aromatic nitrogens is 4. The number of nitrogens with zero attached hydrogens (tertiary/aromatic N) is 4. The molecule has 36 heavy (non-hydrogen) atoms. The number of aliphatic carboxylic acids is 1. The number of nitrogens with one attached hydrogen (secondary N) is 2. The lowest BCUT2D eigenvalue weighted by molar-refractivity contribution is -0.136. The van der Waals surface area contributed by atoms with E-state index in [1.165, 1.54) is 6.33 Å². The Balaban J connectivity index is 1.31. The maximum atomic E-state index is 12.5. The minimum Gasteiger partial charge on any atom is -0.481 e. The van der Waals surface area contributed by atoms with Crippen molar-refractivity contribution in [2.75, 3.05) is 18.7 Å². The minimum atomic E-state index is -0.968. The van der Waals surface area contributed by atoms with E-state index in [2.05, 4.69) is 25.6 Å². The molecule has 2 amide bonds. The van der Waals surface area contributed by atoms with Crippen molar-refractivity contribution >= 4 is 29.0 Å². The number of ether oxygens (including phenoxy) is 3. The van der Waals surface area contributed by atoms with Gasteiger partial charge in [0.2, 0.25) is 0 Å². The van der Waals surface area contributed by atoms with Crippen molar-refractivity contribution in [2.24, 2.45) is 0 Å². The average Bonchev–Trinajstić information content (AvgIpc) is 3.64. The smallest absolute Gasteiger partial charge is 0.320 e. The van der Waals surface area contributed by atoms with Crippen molar-refractivity contribution in [1.82, 2.24) is 24.8 Å². The molecule has 0 spiro atoms. The van der Waals surface area contributed by atoms with Gasteiger partial charge in [0.25, 0.3) is 0 Å². The Labute approximate surface area is 206 Å². The maximum Gasteiger partial charge on any atom is 0.320 e. The van der Waals surface area contributed by atoms with E-state index < -0.39 is 5.97 Å². The molecule has 3 aliphatic rings. The predicted octanol–water partition coefficient (Wildman–Crippen LogP) is 2.32. The Morgan fingerprint density at radius 3 is 2.81 bits per heavy atom. The third-order valence-corrected chi connectivity index (χ3v) is 6.94. The summed E-state index contributed by atoms with van der Waals surface area (Å²) in [6.45, 7) is 0.656. The number of hydrogen-bond acceptors (Lipinski definition) is 8. The fourth-order valence-corrected chi connectivity index (χ4v) is 5.24. The van der Waals surface area contributed by atoms with Gasteiger partial charge in [0.05, 0.1) is 18.7 Å². The first-order chi connectivity index (χ1) is 17.6. The number of fused-ring (bicyclic) bond motifs is 2. The zero-order valence-electron chi connectivity index (χ0n) is 19.4. The van der Waals surface area contributed by atoms with Gasteiger partial charge in [0.1, 0.15) is 37.8 Å². The third-order valence-electron chi connectivity index (χ3n) is 6.94. The topological polar surface area (TPSA) is 150 Å². The lowest BCUT2D eigenvalue weighted by Gasteiger charge is -2.18. The van der Waals surface area contributed by atoms with Crippen LogP contribution in [0.1, 0.15) is 42.9 Å². The van der Waals surface area contributed by atoms with Gasteiger partial charge in [-0.1, -0.05) is 25.0 Å². The SMILES string of the molecule is O=C(O)Cc1cc(C2OCC3OCOC32)ccc1-n1cnc2c(NC(=O)NC3CCCC3)ncnc21. The fraction of sp³-hybridized carbons (Fsp3) is 0.458. The molecule has 1 aromatic carbocycles. The molecule has 3 atom stereocenters. The fourth-order valence-electron chi connectivity index (χ4n) is 5.24. The molecule has 6 rings (SSSR count). The van der Waals surface area contributed by atoms with Crippen molar-refractivity contribution in [2.45, 2.75) is 56.5 Å². The van der Waals surface area contributed by atoms with Gasteiger partial charge < -0.3 is 24.6 Å². The molecule has 12 heteroatoms. The van der Waals surface area contributed by atoms with Crippen molar-refractivity contribution in [1.29, 1.82) is 0 Å². The Morgan fingerprint density at radius 1 is 1.11 bits per heavy atom. The lowest BCUT2D eigenvalue weighted by atomic mass is 9.98. The molecule has 188 valence electrons. The van der Waals surface area contributed by atoms with Crippen molar-refractivity contribution in [3.05, 3.63) is 42.0 Å². The van der Waals surface area contributed by atoms with Crippen LogP contribution in [0.3, 0.4) is 0 Å². The molecule has 2 aromatic heterocycles. The number of imidazole rings is 1. The normalized spacial score (nSPS) is 23.7. The summed E-state index contributed by atoms with van der Waals surface area (Å²) in [5.41, 5.74) is 2.85. The molecule has 1 aliphatic carbocycles. The number of carbonyl (C=O) groups is 2. The summed E-state index contributed by atoms with van der Waals surface area (Å²) < 4.78 is 18.8. The summed E-state index contributed by atoms with van der Waals surface area (Å²) in [4.78, 5) is 37.2. The monoisotopic (exact) mass is 494 g/mol. The van der Waals surface area contributed by atoms with Gasteiger partial charge in [0, 0.05) is 6.04 Å². The quantitative estimate of drug-likeness (QED) is 0.469. The molecular formula is C24H26N6O6. The summed E-state index contributed by atoms with van der Waals surface area (Å²) in [5.74, 6) is -0.682. The second-order valence-electron chi connectivity index (χ2n) is 9.26. The zero-order chi connectivity index (χ0) is 24.6. The van der Waals surface area contributed by atoms with Crippen LogP contribution in [0.25, 0.3) is 16.9 Å². The number of carboxylic acid groups (broad SMARTS) is 1. The number of carboxylic acids is 1. The predicted molar refractivity (Wildman–Crippen MR) is 126 cm³/mol. The third kappa shape index (κ3) is 4.27. The number of anilines is 1. The first kappa shape index (κ1) is 22.8. The molecule has 3 fully saturated rings. The minimum absolute atomic E-state index is 0.122. The molecular weight excluding hydrogens is 468 g/mol. The van der Waals surface area contributed by atoms with Crippen LogP contribution in [0.5, 0.6) is 0 Å². The van der Waals surface area contributed by atoms with Crippen LogP contribution < -0.4 is 10.6 Å². The molecule has 0 bridgehead atoms. The van der Waals surface area contributed by atoms with E-state index in [0.717, 1.165) is 31.2 Å². The molecule has 12 nitrogen and oxygen atoms in total. The summed E-state index contributed by atoms with van der Waals surface area (Å²) >= 11 is 0. The van der Waals surface area contributed by atoms with Crippen LogP contribution in [0.4, 0.5) is 10.6 Å². The van der Waals surface area contributed by atoms with E-state index in [4.69, 9.17) is 14.2 Å². The maximum absolute atomic E-state index is 12.5. The Bertz CT molecular complexity index is 1310. The number of carbonyl (C=O) groups excluding carboxylic acids is 1. The van der Waals surface area contributed by atoms with Gasteiger partial charge in [-0.3, -0.25) is 14.7 Å². The van der Waals surface area contributed by atoms with E-state index in [1.54, 1.807) is 10.9 Å². The zero-order valence-corrected chi connectivity index (χ0v) is 19.4. The van der Waals surface area contributed by atoms with Crippen LogP contribution in [0, 0.1) is 0 Å². The molecule has 3 aromatic rings. The van der Waals surface area contributed by atoms with Crippen molar-refractivity contribution in [3.8, 4) is 5.69 Å². The molecule has 2 aliphatic heterocycles. The van der Waals surface area contributed by atoms with Gasteiger partial charge >= 0.3 is 12.0 Å². The average molecular weight is 495 g/mol. The van der Waals surface area contributed by atoms with Crippen LogP contribution in [0.2, 0.25) is 0 Å². The Hall–Kier alpha value is -3.61. The number of urea groups is 1. The second kappa shape index (κ2) is 9.45. The van der Waals surface area contributed by atoms with Crippen molar-refractivity contribution < 1.29 is 28.9 Å². The molecule has 1 saturated carbocycles. The van der Waals surface area contributed by atoms with Crippen LogP contribution in [-0.2, 0) is 25.4 Å². The molecule has 3 N–H and O–H groups in total. The first-order valence-corrected chi connectivity index (χ1v) is 12.0. The highest BCUT2D eigenvalue weighted by atomic mass is 16.7. The first-order valence-electron chi connectivity index (χ1n) is 12.0. The van der Waals surface area contributed by atoms with E-state index in [-0.39, 0.29) is 49.4 Å². The highest BCUT2D eigenvalue weighted by Crippen LogP contribution is 2.37. The van der Waals surface area contributed by atoms with E-state index in [9.17, 15) is 14.7 Å². The summed E-state index contributed by atoms with van der Waals surface area (Å²) in [7, 11) is 0. The highest BCUT2D eigenvalue weighted by Gasteiger charge is 2.43. The number of benzene rings is 1. The molecule has 0 radical (unpaired) electrons. The van der Waals surface area contributed by atoms with Gasteiger partial charge in [0.15, 0.2) is 17.0 Å². The largest absolute Gasteiger partial charge is 0.481 e. The lowest BCUT2D eigenvalue weighted by Crippen LogP contribution is -2.36. The summed E-state index contributed by atoms with van der Waals surface area (Å²) in [6, 6.07) is 5.36. The van der Waals surface area contributed by atoms with Crippen LogP contribution in [0.15, 0.2) is 30.9 Å². The number of amides is 2. The van der Waals surface area contributed by atoms with Crippen LogP contribution in [-0.4, -0.2) is 68.3 Å². The molecule has 4 heterocycles. The van der Waals surface area contributed by atoms with Gasteiger partial charge in [-0.15, -0.1) is 0 Å². The van der Waals surface area contributed by atoms with Gasteiger partial charge in [-0.05, 0) is 30.0 Å². The van der Waals surface area contributed by atoms with E-state index >= 15 is 0 Å². The number of rotatable bonds is 6. The summed E-state index contributed by atoms with van der Waals surface area (Å²) in [6.07, 6.45) is 6.17. The second-order valence-corrected chi connectivity index (χ2v) is 9.26. The Kier molecular flexibility index (Phi) is 5.99. The van der Waals surface area contributed by atoms with E-state index in [1.807, 2.05) is 18.2 Å². The van der Waals surface area contributed by atoms with Crippen LogP contribution >= 0.6 is 0 Å². The van der Waals surface area contributed by atoms with Gasteiger partial charge in [-0.2, -0.15) is 0 Å². The standard InChI is InChI=1S/C24H26N6O6/c31-18(32)8-14-7-13(20-21-17(9-34-20)35-12-36-21)5-6-16(14)30-11-27-19-22(25-10-26-23(19)30)29-24(33)28-15-3-1-2-4-15/h5-7,10-11,15,17,20-21H,1-4,8-9,12H2,(H,31,32)(H2,25,26,28,29,33). The van der Waals surface area contributed by atoms with Crippen molar-refractivity contribution in [3.63, 3.8) is 0 Å². The number of hydrogen-bond donors (Lipinski definition) is 3. The molecule has 3 unspecified atom stereocenters. The highest BCUT2D eigenvalue weighted by molar-refractivity contribution is 5.96. The van der Waals surface area contributed by atoms with Gasteiger partial charge in [-0.25, -0.2) is 19.7 Å². The summed E-state index contributed by atoms with van der Waals surface area (Å²) in [5, 5.41) is 15.3. The molecule has 2 saturated heterocycles. The van der Waals surface area contributed by atoms with E-state index in [0.29, 0.717) is 29.0 Å². The Morgan fingerprint density at radius 2 is 1.97 bits per heavy atom.